The molecule has 0 saturated carbocycles. The third-order valence-corrected chi connectivity index (χ3v) is 3.81. The number of hydrogen-bond donors (Lipinski definition) is 2. The molecule has 2 aromatic carbocycles. The molecule has 0 aliphatic heterocycles. The van der Waals surface area contributed by atoms with Crippen molar-refractivity contribution in [2.75, 3.05) is 11.1 Å². The Morgan fingerprint density at radius 3 is 2.47 bits per heavy atom. The molecule has 2 rings (SSSR count). The molecule has 19 heavy (non-hydrogen) atoms. The summed E-state index contributed by atoms with van der Waals surface area (Å²) < 4.78 is 0.993. The largest absolute Gasteiger partial charge is 0.399 e. The monoisotopic (exact) mass is 318 g/mol. The number of carbonyl (C=O) groups excluding carboxylic acids is 1. The van der Waals surface area contributed by atoms with E-state index in [0.29, 0.717) is 11.3 Å². The van der Waals surface area contributed by atoms with Crippen LogP contribution < -0.4 is 11.1 Å². The Kier molecular flexibility index (Phi) is 3.90. The van der Waals surface area contributed by atoms with Gasteiger partial charge in [-0.25, -0.2) is 0 Å². The van der Waals surface area contributed by atoms with Gasteiger partial charge in [0.1, 0.15) is 0 Å². The summed E-state index contributed by atoms with van der Waals surface area (Å²) in [5.74, 6) is -0.122. The lowest BCUT2D eigenvalue weighted by molar-refractivity contribution is 0.102. The van der Waals surface area contributed by atoms with Crippen molar-refractivity contribution in [3.05, 3.63) is 57.6 Å². The number of amides is 1. The number of hydrogen-bond acceptors (Lipinski definition) is 2. The van der Waals surface area contributed by atoms with Crippen LogP contribution in [-0.2, 0) is 0 Å². The molecule has 0 heterocycles. The molecule has 0 unspecified atom stereocenters. The maximum atomic E-state index is 12.2. The molecule has 3 N–H and O–H groups in total. The quantitative estimate of drug-likeness (QED) is 0.825. The predicted octanol–water partition coefficient (Wildman–Crippen LogP) is 3.90. The summed E-state index contributed by atoms with van der Waals surface area (Å²) in [6.45, 7) is 3.87. The van der Waals surface area contributed by atoms with Gasteiger partial charge in [0.15, 0.2) is 0 Å². The van der Waals surface area contributed by atoms with Crippen LogP contribution in [0.15, 0.2) is 40.9 Å². The van der Waals surface area contributed by atoms with Gasteiger partial charge in [0.2, 0.25) is 0 Å². The lowest BCUT2D eigenvalue weighted by Crippen LogP contribution is -2.13. The van der Waals surface area contributed by atoms with Crippen molar-refractivity contribution in [1.29, 1.82) is 0 Å². The molecule has 0 spiro atoms. The molecule has 2 aromatic rings. The highest BCUT2D eigenvalue weighted by Gasteiger charge is 2.09. The van der Waals surface area contributed by atoms with Crippen molar-refractivity contribution in [3.63, 3.8) is 0 Å². The molecule has 0 bridgehead atoms. The lowest BCUT2D eigenvalue weighted by Gasteiger charge is -2.10. The van der Waals surface area contributed by atoms with Crippen molar-refractivity contribution >= 4 is 33.2 Å². The first-order valence-corrected chi connectivity index (χ1v) is 6.70. The van der Waals surface area contributed by atoms with Crippen LogP contribution in [0.1, 0.15) is 21.5 Å². The van der Waals surface area contributed by atoms with E-state index >= 15 is 0 Å². The van der Waals surface area contributed by atoms with E-state index < -0.39 is 0 Å². The van der Waals surface area contributed by atoms with Gasteiger partial charge in [0.25, 0.3) is 5.91 Å². The van der Waals surface area contributed by atoms with Gasteiger partial charge < -0.3 is 11.1 Å². The highest BCUT2D eigenvalue weighted by molar-refractivity contribution is 9.10. The van der Waals surface area contributed by atoms with E-state index in [-0.39, 0.29) is 5.91 Å². The standard InChI is InChI=1S/C15H15BrN2O/c1-9-7-11(3-5-13(9)16)15(19)18-14-6-4-12(17)8-10(14)2/h3-8H,17H2,1-2H3,(H,18,19). The van der Waals surface area contributed by atoms with Gasteiger partial charge in [0.05, 0.1) is 0 Å². The van der Waals surface area contributed by atoms with E-state index in [1.165, 1.54) is 0 Å². The summed E-state index contributed by atoms with van der Waals surface area (Å²) in [6, 6.07) is 10.9. The fourth-order valence-corrected chi connectivity index (χ4v) is 2.05. The summed E-state index contributed by atoms with van der Waals surface area (Å²) in [4.78, 5) is 12.2. The summed E-state index contributed by atoms with van der Waals surface area (Å²) in [7, 11) is 0. The maximum Gasteiger partial charge on any atom is 0.255 e. The zero-order valence-corrected chi connectivity index (χ0v) is 12.4. The zero-order valence-electron chi connectivity index (χ0n) is 10.8. The van der Waals surface area contributed by atoms with E-state index in [9.17, 15) is 4.79 Å². The van der Waals surface area contributed by atoms with Crippen LogP contribution in [-0.4, -0.2) is 5.91 Å². The minimum absolute atomic E-state index is 0.122. The van der Waals surface area contributed by atoms with Crippen LogP contribution in [0.25, 0.3) is 0 Å². The smallest absolute Gasteiger partial charge is 0.255 e. The summed E-state index contributed by atoms with van der Waals surface area (Å²) in [5, 5.41) is 2.89. The van der Waals surface area contributed by atoms with Crippen molar-refractivity contribution in [3.8, 4) is 0 Å². The number of nitrogen functional groups attached to an aromatic ring is 1. The molecule has 0 aromatic heterocycles. The third kappa shape index (κ3) is 3.15. The van der Waals surface area contributed by atoms with Crippen LogP contribution in [0.3, 0.4) is 0 Å². The Balaban J connectivity index is 2.23. The second kappa shape index (κ2) is 5.45. The Morgan fingerprint density at radius 1 is 1.11 bits per heavy atom. The predicted molar refractivity (Wildman–Crippen MR) is 82.4 cm³/mol. The average Bonchev–Trinajstić information content (AvgIpc) is 2.36. The first-order chi connectivity index (χ1) is 8.97. The molecule has 4 heteroatoms. The lowest BCUT2D eigenvalue weighted by atomic mass is 10.1. The summed E-state index contributed by atoms with van der Waals surface area (Å²) in [6.07, 6.45) is 0. The third-order valence-electron chi connectivity index (χ3n) is 2.92. The number of rotatable bonds is 2. The fraction of sp³-hybridized carbons (Fsp3) is 0.133. The molecule has 98 valence electrons. The number of anilines is 2. The molecule has 0 radical (unpaired) electrons. The fourth-order valence-electron chi connectivity index (χ4n) is 1.81. The van der Waals surface area contributed by atoms with Crippen molar-refractivity contribution < 1.29 is 4.79 Å². The molecule has 1 amide bonds. The van der Waals surface area contributed by atoms with Gasteiger partial charge in [-0.05, 0) is 61.4 Å². The molecule has 0 aliphatic carbocycles. The van der Waals surface area contributed by atoms with Gasteiger partial charge in [-0.3, -0.25) is 4.79 Å². The van der Waals surface area contributed by atoms with Gasteiger partial charge in [0, 0.05) is 21.4 Å². The molecular weight excluding hydrogens is 304 g/mol. The van der Waals surface area contributed by atoms with Crippen LogP contribution in [0.5, 0.6) is 0 Å². The summed E-state index contributed by atoms with van der Waals surface area (Å²) in [5.41, 5.74) is 9.77. The first kappa shape index (κ1) is 13.6. The first-order valence-electron chi connectivity index (χ1n) is 5.91. The number of benzene rings is 2. The molecule has 0 atom stereocenters. The van der Waals surface area contributed by atoms with Crippen LogP contribution in [0, 0.1) is 13.8 Å². The highest BCUT2D eigenvalue weighted by Crippen LogP contribution is 2.20. The minimum atomic E-state index is -0.122. The topological polar surface area (TPSA) is 55.1 Å². The van der Waals surface area contributed by atoms with Gasteiger partial charge in [-0.2, -0.15) is 0 Å². The number of nitrogens with one attached hydrogen (secondary N) is 1. The van der Waals surface area contributed by atoms with Crippen molar-refractivity contribution in [2.24, 2.45) is 0 Å². The minimum Gasteiger partial charge on any atom is -0.399 e. The Labute approximate surface area is 121 Å². The normalized spacial score (nSPS) is 10.3. The number of halogens is 1. The van der Waals surface area contributed by atoms with E-state index in [0.717, 1.165) is 21.3 Å². The number of aryl methyl sites for hydroxylation is 2. The van der Waals surface area contributed by atoms with Crippen LogP contribution >= 0.6 is 15.9 Å². The number of nitrogens with two attached hydrogens (primary N) is 1. The molecular formula is C15H15BrN2O. The second-order valence-corrected chi connectivity index (χ2v) is 5.35. The molecule has 0 aliphatic rings. The SMILES string of the molecule is Cc1cc(C(=O)Nc2ccc(N)cc2C)ccc1Br. The van der Waals surface area contributed by atoms with E-state index in [2.05, 4.69) is 21.2 Å². The molecule has 0 saturated heterocycles. The Hall–Kier alpha value is -1.81. The van der Waals surface area contributed by atoms with E-state index in [4.69, 9.17) is 5.73 Å². The Bertz CT molecular complexity index is 638. The van der Waals surface area contributed by atoms with E-state index in [1.54, 1.807) is 12.1 Å². The second-order valence-electron chi connectivity index (χ2n) is 4.49. The Morgan fingerprint density at radius 2 is 1.84 bits per heavy atom. The van der Waals surface area contributed by atoms with Crippen LogP contribution in [0.2, 0.25) is 0 Å². The van der Waals surface area contributed by atoms with Crippen molar-refractivity contribution in [2.45, 2.75) is 13.8 Å². The molecule has 3 nitrogen and oxygen atoms in total. The maximum absolute atomic E-state index is 12.2. The van der Waals surface area contributed by atoms with Gasteiger partial charge in [-0.15, -0.1) is 0 Å². The van der Waals surface area contributed by atoms with Crippen molar-refractivity contribution in [1.82, 2.24) is 0 Å². The zero-order chi connectivity index (χ0) is 14.0. The van der Waals surface area contributed by atoms with Gasteiger partial charge in [-0.1, -0.05) is 15.9 Å². The highest BCUT2D eigenvalue weighted by atomic mass is 79.9. The average molecular weight is 319 g/mol. The van der Waals surface area contributed by atoms with E-state index in [1.807, 2.05) is 38.1 Å². The van der Waals surface area contributed by atoms with Crippen LogP contribution in [0.4, 0.5) is 11.4 Å². The number of carbonyl (C=O) groups is 1. The van der Waals surface area contributed by atoms with Gasteiger partial charge >= 0.3 is 0 Å². The molecule has 0 fully saturated rings. The summed E-state index contributed by atoms with van der Waals surface area (Å²) >= 11 is 3.42.